The highest BCUT2D eigenvalue weighted by atomic mass is 127. The van der Waals surface area contributed by atoms with E-state index >= 15 is 0 Å². The Hall–Kier alpha value is -1.95. The molecule has 2 atom stereocenters. The molecule has 0 spiro atoms. The van der Waals surface area contributed by atoms with E-state index in [1.807, 2.05) is 6.07 Å². The average molecular weight is 598 g/mol. The third-order valence-corrected chi connectivity index (χ3v) is 8.51. The first-order valence-corrected chi connectivity index (χ1v) is 12.7. The fourth-order valence-corrected chi connectivity index (χ4v) is 6.09. The summed E-state index contributed by atoms with van der Waals surface area (Å²) in [4.78, 5) is 11.2. The summed E-state index contributed by atoms with van der Waals surface area (Å²) in [6, 6.07) is 9.04. The van der Waals surface area contributed by atoms with Crippen LogP contribution in [-0.4, -0.2) is 64.2 Å². The second-order valence-corrected chi connectivity index (χ2v) is 11.2. The maximum Gasteiger partial charge on any atom is 0.165 e. The first-order chi connectivity index (χ1) is 16.5. The maximum absolute atomic E-state index is 14.4. The van der Waals surface area contributed by atoms with Crippen LogP contribution in [0.15, 0.2) is 36.7 Å². The van der Waals surface area contributed by atoms with Gasteiger partial charge in [0, 0.05) is 37.1 Å². The maximum atomic E-state index is 14.4. The standard InChI is InChI=1S/C24H26ClFIN5O2/c1-33-19-11-18-15(23(30-14-29-18)31-17-5-2-4-16(25)22(17)26)10-20(19)34-9-3-7-32-8-6-24(27)13-28-12-21(24)32/h2,4-5,10-11,14,21,28H,3,6-9,12-13H2,1H3,(H,29,30,31)/t21-,24-/m1/s1. The molecule has 2 aliphatic rings. The van der Waals surface area contributed by atoms with Crippen molar-refractivity contribution in [2.45, 2.75) is 22.3 Å². The van der Waals surface area contributed by atoms with Crippen LogP contribution in [0.4, 0.5) is 15.9 Å². The number of ether oxygens (including phenoxy) is 2. The highest BCUT2D eigenvalue weighted by molar-refractivity contribution is 14.1. The molecule has 0 aliphatic carbocycles. The Labute approximate surface area is 216 Å². The Morgan fingerprint density at radius 2 is 2.21 bits per heavy atom. The van der Waals surface area contributed by atoms with Gasteiger partial charge in [0.15, 0.2) is 17.3 Å². The van der Waals surface area contributed by atoms with Gasteiger partial charge in [0.2, 0.25) is 0 Å². The largest absolute Gasteiger partial charge is 0.493 e. The van der Waals surface area contributed by atoms with Crippen molar-refractivity contribution >= 4 is 56.6 Å². The SMILES string of the molecule is COc1cc2ncnc(Nc3cccc(Cl)c3F)c2cc1OCCCN1CC[C@@]2(I)CNC[C@@H]12. The van der Waals surface area contributed by atoms with Crippen molar-refractivity contribution in [2.75, 3.05) is 45.2 Å². The van der Waals surface area contributed by atoms with Gasteiger partial charge in [-0.1, -0.05) is 40.3 Å². The number of anilines is 2. The quantitative estimate of drug-likeness (QED) is 0.220. The van der Waals surface area contributed by atoms with E-state index in [0.717, 1.165) is 32.6 Å². The summed E-state index contributed by atoms with van der Waals surface area (Å²) in [5.74, 6) is 1.13. The van der Waals surface area contributed by atoms with Gasteiger partial charge >= 0.3 is 0 Å². The molecular weight excluding hydrogens is 572 g/mol. The van der Waals surface area contributed by atoms with E-state index in [1.54, 1.807) is 25.3 Å². The number of likely N-dealkylation sites (tertiary alicyclic amines) is 1. The number of nitrogens with one attached hydrogen (secondary N) is 2. The zero-order valence-electron chi connectivity index (χ0n) is 18.8. The van der Waals surface area contributed by atoms with Crippen molar-refractivity contribution in [1.82, 2.24) is 20.2 Å². The van der Waals surface area contributed by atoms with Gasteiger partial charge in [-0.25, -0.2) is 14.4 Å². The molecule has 1 aromatic heterocycles. The van der Waals surface area contributed by atoms with E-state index in [-0.39, 0.29) is 10.7 Å². The molecule has 0 bridgehead atoms. The van der Waals surface area contributed by atoms with E-state index in [2.05, 4.69) is 48.1 Å². The summed E-state index contributed by atoms with van der Waals surface area (Å²) in [6.45, 7) is 4.85. The molecule has 180 valence electrons. The van der Waals surface area contributed by atoms with E-state index < -0.39 is 5.82 Å². The van der Waals surface area contributed by atoms with Crippen LogP contribution in [0.2, 0.25) is 5.02 Å². The van der Waals surface area contributed by atoms with Crippen molar-refractivity contribution in [3.63, 3.8) is 0 Å². The number of fused-ring (bicyclic) bond motifs is 2. The number of benzene rings is 2. The molecular formula is C24H26ClFIN5O2. The fraction of sp³-hybridized carbons (Fsp3) is 0.417. The van der Waals surface area contributed by atoms with Crippen molar-refractivity contribution in [3.8, 4) is 11.5 Å². The predicted molar refractivity (Wildman–Crippen MR) is 140 cm³/mol. The topological polar surface area (TPSA) is 71.5 Å². The average Bonchev–Trinajstić information content (AvgIpc) is 3.36. The third kappa shape index (κ3) is 4.62. The second-order valence-electron chi connectivity index (χ2n) is 8.64. The van der Waals surface area contributed by atoms with E-state index in [0.29, 0.717) is 44.3 Å². The van der Waals surface area contributed by atoms with E-state index in [4.69, 9.17) is 21.1 Å². The zero-order valence-corrected chi connectivity index (χ0v) is 21.7. The molecule has 0 radical (unpaired) electrons. The van der Waals surface area contributed by atoms with Gasteiger partial charge in [-0.3, -0.25) is 4.90 Å². The molecule has 2 aliphatic heterocycles. The summed E-state index contributed by atoms with van der Waals surface area (Å²) in [7, 11) is 1.60. The molecule has 0 saturated carbocycles. The molecule has 5 rings (SSSR count). The Morgan fingerprint density at radius 1 is 1.32 bits per heavy atom. The van der Waals surface area contributed by atoms with Crippen molar-refractivity contribution in [3.05, 3.63) is 47.5 Å². The Kier molecular flexibility index (Phi) is 6.97. The van der Waals surface area contributed by atoms with Crippen LogP contribution in [0.1, 0.15) is 12.8 Å². The van der Waals surface area contributed by atoms with Crippen molar-refractivity contribution in [2.24, 2.45) is 0 Å². The number of hydrogen-bond acceptors (Lipinski definition) is 7. The highest BCUT2D eigenvalue weighted by Crippen LogP contribution is 2.39. The lowest BCUT2D eigenvalue weighted by atomic mass is 10.0. The minimum Gasteiger partial charge on any atom is -0.493 e. The van der Waals surface area contributed by atoms with Gasteiger partial charge in [0.1, 0.15) is 12.1 Å². The van der Waals surface area contributed by atoms with Crippen LogP contribution < -0.4 is 20.1 Å². The van der Waals surface area contributed by atoms with Crippen LogP contribution in [0.5, 0.6) is 11.5 Å². The Balaban J connectivity index is 1.31. The van der Waals surface area contributed by atoms with E-state index in [1.165, 1.54) is 18.8 Å². The molecule has 0 amide bonds. The summed E-state index contributed by atoms with van der Waals surface area (Å²) in [6.07, 6.45) is 3.57. The number of alkyl halides is 1. The van der Waals surface area contributed by atoms with Gasteiger partial charge in [-0.05, 0) is 37.6 Å². The molecule has 2 saturated heterocycles. The van der Waals surface area contributed by atoms with Crippen molar-refractivity contribution < 1.29 is 13.9 Å². The monoisotopic (exact) mass is 597 g/mol. The molecule has 0 unspecified atom stereocenters. The predicted octanol–water partition coefficient (Wildman–Crippen LogP) is 4.79. The number of halogens is 3. The van der Waals surface area contributed by atoms with Gasteiger partial charge in [-0.2, -0.15) is 0 Å². The lowest BCUT2D eigenvalue weighted by molar-refractivity contribution is 0.222. The Bertz CT molecular complexity index is 1200. The molecule has 3 heterocycles. The Morgan fingerprint density at radius 3 is 3.06 bits per heavy atom. The number of hydrogen-bond donors (Lipinski definition) is 2. The summed E-state index contributed by atoms with van der Waals surface area (Å²) < 4.78 is 26.5. The van der Waals surface area contributed by atoms with Gasteiger partial charge in [0.25, 0.3) is 0 Å². The molecule has 2 fully saturated rings. The number of methoxy groups -OCH3 is 1. The van der Waals surface area contributed by atoms with Gasteiger partial charge in [-0.15, -0.1) is 0 Å². The smallest absolute Gasteiger partial charge is 0.165 e. The van der Waals surface area contributed by atoms with Crippen molar-refractivity contribution in [1.29, 1.82) is 0 Å². The minimum atomic E-state index is -0.532. The molecule has 3 aromatic rings. The van der Waals surface area contributed by atoms with Gasteiger partial charge < -0.3 is 20.1 Å². The summed E-state index contributed by atoms with van der Waals surface area (Å²) in [5, 5.41) is 7.30. The van der Waals surface area contributed by atoms with Crippen LogP contribution in [0, 0.1) is 5.82 Å². The molecule has 7 nitrogen and oxygen atoms in total. The van der Waals surface area contributed by atoms with Crippen LogP contribution in [0.3, 0.4) is 0 Å². The van der Waals surface area contributed by atoms with Crippen LogP contribution in [-0.2, 0) is 0 Å². The number of aromatic nitrogens is 2. The molecule has 2 N–H and O–H groups in total. The zero-order chi connectivity index (χ0) is 23.7. The highest BCUT2D eigenvalue weighted by Gasteiger charge is 2.48. The first-order valence-electron chi connectivity index (χ1n) is 11.3. The fourth-order valence-electron chi connectivity index (χ4n) is 4.80. The second kappa shape index (κ2) is 9.96. The number of nitrogens with zero attached hydrogens (tertiary/aromatic N) is 3. The lowest BCUT2D eigenvalue weighted by Crippen LogP contribution is -2.40. The summed E-state index contributed by atoms with van der Waals surface area (Å²) >= 11 is 8.56. The molecule has 10 heteroatoms. The third-order valence-electron chi connectivity index (χ3n) is 6.58. The normalized spacial score (nSPS) is 22.2. The van der Waals surface area contributed by atoms with Crippen LogP contribution in [0.25, 0.3) is 10.9 Å². The first kappa shape index (κ1) is 23.8. The van der Waals surface area contributed by atoms with Crippen LogP contribution >= 0.6 is 34.2 Å². The molecule has 2 aromatic carbocycles. The molecule has 34 heavy (non-hydrogen) atoms. The minimum absolute atomic E-state index is 0.0419. The summed E-state index contributed by atoms with van der Waals surface area (Å²) in [5.41, 5.74) is 0.900. The number of rotatable bonds is 8. The lowest BCUT2D eigenvalue weighted by Gasteiger charge is -2.26. The van der Waals surface area contributed by atoms with E-state index in [9.17, 15) is 4.39 Å². The van der Waals surface area contributed by atoms with Gasteiger partial charge in [0.05, 0.1) is 33.4 Å².